The number of carbonyl (C=O) groups is 2. The maximum atomic E-state index is 13.0. The van der Waals surface area contributed by atoms with Crippen molar-refractivity contribution in [1.29, 1.82) is 0 Å². The van der Waals surface area contributed by atoms with E-state index in [1.807, 2.05) is 32.2 Å². The van der Waals surface area contributed by atoms with Gasteiger partial charge in [-0.15, -0.1) is 11.3 Å². The third-order valence-electron chi connectivity index (χ3n) is 6.39. The Kier molecular flexibility index (Phi) is 7.59. The molecule has 0 saturated carbocycles. The third-order valence-corrected chi connectivity index (χ3v) is 7.24. The van der Waals surface area contributed by atoms with Crippen LogP contribution in [0.25, 0.3) is 21.9 Å². The Labute approximate surface area is 219 Å². The fraction of sp³-hybridized carbons (Fsp3) is 0.414. The van der Waals surface area contributed by atoms with Crippen LogP contribution in [0.2, 0.25) is 0 Å². The highest BCUT2D eigenvalue weighted by Gasteiger charge is 2.23. The van der Waals surface area contributed by atoms with E-state index in [4.69, 9.17) is 13.6 Å². The molecule has 1 N–H and O–H groups in total. The van der Waals surface area contributed by atoms with Gasteiger partial charge in [-0.3, -0.25) is 4.79 Å². The molecule has 0 aliphatic rings. The van der Waals surface area contributed by atoms with E-state index in [9.17, 15) is 14.4 Å². The topological polar surface area (TPSA) is 98.8 Å². The number of esters is 1. The van der Waals surface area contributed by atoms with Crippen molar-refractivity contribution in [2.75, 3.05) is 6.61 Å². The van der Waals surface area contributed by atoms with Crippen LogP contribution < -0.4 is 10.9 Å². The zero-order chi connectivity index (χ0) is 26.9. The molecule has 1 atom stereocenters. The first-order valence-corrected chi connectivity index (χ1v) is 13.3. The molecular weight excluding hydrogens is 490 g/mol. The molecule has 1 amide bonds. The largest absolute Gasteiger partial charge is 0.464 e. The molecule has 0 spiro atoms. The molecule has 4 aromatic rings. The Morgan fingerprint density at radius 1 is 1.14 bits per heavy atom. The van der Waals surface area contributed by atoms with Crippen molar-refractivity contribution < 1.29 is 23.2 Å². The fourth-order valence-electron chi connectivity index (χ4n) is 4.51. The lowest BCUT2D eigenvalue weighted by Crippen LogP contribution is -2.41. The zero-order valence-corrected chi connectivity index (χ0v) is 22.9. The van der Waals surface area contributed by atoms with E-state index in [1.54, 1.807) is 24.5 Å². The van der Waals surface area contributed by atoms with Crippen LogP contribution in [0.4, 0.5) is 0 Å². The van der Waals surface area contributed by atoms with Crippen LogP contribution in [0.5, 0.6) is 0 Å². The quantitative estimate of drug-likeness (QED) is 0.220. The Hall–Kier alpha value is -3.39. The van der Waals surface area contributed by atoms with Crippen molar-refractivity contribution in [2.24, 2.45) is 5.92 Å². The van der Waals surface area contributed by atoms with Gasteiger partial charge in [0.25, 0.3) is 0 Å². The molecule has 0 aliphatic carbocycles. The van der Waals surface area contributed by atoms with Crippen LogP contribution in [-0.4, -0.2) is 24.5 Å². The third kappa shape index (κ3) is 5.96. The van der Waals surface area contributed by atoms with Gasteiger partial charge in [-0.05, 0) is 47.8 Å². The van der Waals surface area contributed by atoms with Crippen LogP contribution in [0.3, 0.4) is 0 Å². The molecule has 196 valence electrons. The Morgan fingerprint density at radius 2 is 1.89 bits per heavy atom. The predicted molar refractivity (Wildman–Crippen MR) is 145 cm³/mol. The molecule has 8 heteroatoms. The first kappa shape index (κ1) is 26.7. The van der Waals surface area contributed by atoms with Gasteiger partial charge in [0.2, 0.25) is 5.91 Å². The van der Waals surface area contributed by atoms with E-state index >= 15 is 0 Å². The second-order valence-electron chi connectivity index (χ2n) is 10.9. The van der Waals surface area contributed by atoms with Crippen molar-refractivity contribution >= 4 is 45.2 Å². The smallest absolute Gasteiger partial charge is 0.348 e. The summed E-state index contributed by atoms with van der Waals surface area (Å²) in [7, 11) is 0. The molecule has 0 fully saturated rings. The number of amides is 1. The van der Waals surface area contributed by atoms with E-state index in [1.165, 1.54) is 11.3 Å². The molecule has 7 nitrogen and oxygen atoms in total. The minimum Gasteiger partial charge on any atom is -0.464 e. The number of nitrogens with one attached hydrogen (secondary N) is 1. The number of aryl methyl sites for hydroxylation is 1. The molecule has 3 heterocycles. The summed E-state index contributed by atoms with van der Waals surface area (Å²) in [5, 5.41) is 6.48. The minimum absolute atomic E-state index is 0.0556. The predicted octanol–water partition coefficient (Wildman–Crippen LogP) is 6.14. The Morgan fingerprint density at radius 3 is 2.54 bits per heavy atom. The summed E-state index contributed by atoms with van der Waals surface area (Å²) in [5.41, 5.74) is 2.47. The molecule has 37 heavy (non-hydrogen) atoms. The van der Waals surface area contributed by atoms with Gasteiger partial charge >= 0.3 is 11.6 Å². The van der Waals surface area contributed by atoms with E-state index in [0.717, 1.165) is 16.3 Å². The van der Waals surface area contributed by atoms with Crippen molar-refractivity contribution in [3.63, 3.8) is 0 Å². The molecule has 0 unspecified atom stereocenters. The normalized spacial score (nSPS) is 12.8. The van der Waals surface area contributed by atoms with Crippen LogP contribution in [0, 0.1) is 12.8 Å². The maximum Gasteiger partial charge on any atom is 0.348 e. The Balaban J connectivity index is 1.56. The van der Waals surface area contributed by atoms with Crippen molar-refractivity contribution in [3.05, 3.63) is 67.9 Å². The number of hydrogen-bond donors (Lipinski definition) is 1. The second kappa shape index (κ2) is 10.5. The van der Waals surface area contributed by atoms with Gasteiger partial charge in [-0.1, -0.05) is 40.7 Å². The highest BCUT2D eigenvalue weighted by Crippen LogP contribution is 2.35. The molecule has 0 saturated heterocycles. The fourth-order valence-corrected chi connectivity index (χ4v) is 5.13. The number of fused-ring (bicyclic) bond motifs is 2. The summed E-state index contributed by atoms with van der Waals surface area (Å²) in [6.45, 7) is 12.3. The van der Waals surface area contributed by atoms with Crippen LogP contribution in [-0.2, 0) is 21.4 Å². The van der Waals surface area contributed by atoms with Gasteiger partial charge in [0.15, 0.2) is 0 Å². The van der Waals surface area contributed by atoms with Crippen LogP contribution in [0.15, 0.2) is 49.5 Å². The lowest BCUT2D eigenvalue weighted by molar-refractivity contribution is -0.121. The van der Waals surface area contributed by atoms with Gasteiger partial charge in [-0.2, -0.15) is 0 Å². The lowest BCUT2D eigenvalue weighted by atomic mass is 9.86. The van der Waals surface area contributed by atoms with Gasteiger partial charge < -0.3 is 18.9 Å². The molecule has 3 aromatic heterocycles. The maximum absolute atomic E-state index is 13.0. The van der Waals surface area contributed by atoms with Crippen LogP contribution in [0.1, 0.15) is 67.4 Å². The van der Waals surface area contributed by atoms with E-state index in [2.05, 4.69) is 26.1 Å². The van der Waals surface area contributed by atoms with Crippen molar-refractivity contribution in [1.82, 2.24) is 5.32 Å². The molecule has 0 radical (unpaired) electrons. The standard InChI is InChI=1S/C29H33NO6S/c1-16(2)10-18(14-35-28(33)25-8-7-9-37-25)30-26(31)12-20-17(3)19-11-21-22(29(4,5)6)15-34-23(21)13-24(19)36-27(20)32/h7-9,11,13,15-16,18H,10,12,14H2,1-6H3,(H,30,31)/t18-/m1/s1. The number of benzene rings is 1. The van der Waals surface area contributed by atoms with Crippen LogP contribution >= 0.6 is 11.3 Å². The average Bonchev–Trinajstić information content (AvgIpc) is 3.48. The van der Waals surface area contributed by atoms with Gasteiger partial charge in [0.1, 0.15) is 22.7 Å². The summed E-state index contributed by atoms with van der Waals surface area (Å²) in [6.07, 6.45) is 2.24. The van der Waals surface area contributed by atoms with E-state index in [-0.39, 0.29) is 36.3 Å². The molecule has 0 aliphatic heterocycles. The van der Waals surface area contributed by atoms with E-state index in [0.29, 0.717) is 33.6 Å². The summed E-state index contributed by atoms with van der Waals surface area (Å²) < 4.78 is 16.8. The highest BCUT2D eigenvalue weighted by atomic mass is 32.1. The van der Waals surface area contributed by atoms with Gasteiger partial charge in [0.05, 0.1) is 24.3 Å². The Bertz CT molecular complexity index is 1490. The summed E-state index contributed by atoms with van der Waals surface area (Å²) >= 11 is 1.31. The number of carbonyl (C=O) groups excluding carboxylic acids is 2. The molecular formula is C29H33NO6S. The lowest BCUT2D eigenvalue weighted by Gasteiger charge is -2.20. The highest BCUT2D eigenvalue weighted by molar-refractivity contribution is 7.11. The first-order valence-electron chi connectivity index (χ1n) is 12.4. The number of thiophene rings is 1. The zero-order valence-electron chi connectivity index (χ0n) is 22.1. The van der Waals surface area contributed by atoms with Gasteiger partial charge in [-0.25, -0.2) is 9.59 Å². The average molecular weight is 524 g/mol. The number of furan rings is 1. The van der Waals surface area contributed by atoms with Gasteiger partial charge in [0, 0.05) is 22.4 Å². The second-order valence-corrected chi connectivity index (χ2v) is 11.8. The first-order chi connectivity index (χ1) is 17.4. The van der Waals surface area contributed by atoms with Crippen molar-refractivity contribution in [2.45, 2.75) is 65.8 Å². The molecule has 0 bridgehead atoms. The monoisotopic (exact) mass is 523 g/mol. The number of hydrogen-bond acceptors (Lipinski definition) is 7. The number of ether oxygens (including phenoxy) is 1. The molecule has 1 aromatic carbocycles. The summed E-state index contributed by atoms with van der Waals surface area (Å²) in [6, 6.07) is 6.82. The van der Waals surface area contributed by atoms with E-state index < -0.39 is 11.6 Å². The van der Waals surface area contributed by atoms with Crippen molar-refractivity contribution in [3.8, 4) is 0 Å². The summed E-state index contributed by atoms with van der Waals surface area (Å²) in [4.78, 5) is 38.7. The number of rotatable bonds is 8. The summed E-state index contributed by atoms with van der Waals surface area (Å²) in [5.74, 6) is -0.468. The SMILES string of the molecule is Cc1c(CC(=O)N[C@@H](COC(=O)c2cccs2)CC(C)C)c(=O)oc2cc3occ(C(C)(C)C)c3cc12. The molecule has 4 rings (SSSR count). The minimum atomic E-state index is -0.549.